The van der Waals surface area contributed by atoms with Crippen LogP contribution in [0.25, 0.3) is 0 Å². The minimum Gasteiger partial charge on any atom is -0.469 e. The van der Waals surface area contributed by atoms with Gasteiger partial charge in [0.25, 0.3) is 11.1 Å². The number of aryl methyl sites for hydroxylation is 1. The van der Waals surface area contributed by atoms with Crippen molar-refractivity contribution in [1.82, 2.24) is 116 Å². The lowest BCUT2D eigenvalue weighted by atomic mass is 10.3. The van der Waals surface area contributed by atoms with Crippen molar-refractivity contribution in [3.8, 4) is 0 Å². The molecule has 1 aliphatic rings. The summed E-state index contributed by atoms with van der Waals surface area (Å²) in [4.78, 5) is 198. The number of aromatic nitrogens is 1. The van der Waals surface area contributed by atoms with Crippen molar-refractivity contribution in [3.05, 3.63) is 46.4 Å². The summed E-state index contributed by atoms with van der Waals surface area (Å²) >= 11 is 2.44. The lowest BCUT2D eigenvalue weighted by Crippen LogP contribution is -2.38. The van der Waals surface area contributed by atoms with E-state index in [0.29, 0.717) is 16.6 Å². The summed E-state index contributed by atoms with van der Waals surface area (Å²) < 4.78 is 47.8. The van der Waals surface area contributed by atoms with Gasteiger partial charge in [0, 0.05) is 196 Å². The number of allylic oxidation sites excluding steroid dienone is 5. The Kier molecular flexibility index (Phi) is 196. The number of sulfonamides is 2. The SMILES string of the molecule is C.C.C.C/C=C/C.C/C=C/C(C)=O.C/C=C1\SC(=O)N(CC)C1=O.CC(=O)NNC(C)=O.CC(=O)Nc1nc(C)cs1.CC=NNC.CC=NNC(C)=O.CC=NNC(C)=O.CCCC(C)=O.CCCNC(C)=O.CCNC.CCNC(C)=O.CCNNC(C)=O.CNC(=O)CNC(C)=O.CNC(=O)NC.CNC(C)=O.CNC(C)=O.CNNC(C)=O.CNS(C)(=O)=O.CNS(C)(=O)=O.COC(C)=O. The molecular weight excluding hydrogens is 1900 g/mol. The Labute approximate surface area is 841 Å². The molecule has 1 saturated heterocycles. The van der Waals surface area contributed by atoms with Gasteiger partial charge in [0.1, 0.15) is 5.78 Å². The van der Waals surface area contributed by atoms with Crippen molar-refractivity contribution in [2.75, 3.05) is 135 Å². The number of hydrogen-bond acceptors (Lipinski definition) is 34. The number of carbonyl (C=O) groups excluding carboxylic acids is 19. The highest BCUT2D eigenvalue weighted by atomic mass is 32.2. The van der Waals surface area contributed by atoms with Gasteiger partial charge in [0.2, 0.25) is 96.8 Å². The zero-order valence-corrected chi connectivity index (χ0v) is 92.0. The molecule has 139 heavy (non-hydrogen) atoms. The van der Waals surface area contributed by atoms with E-state index in [1.54, 1.807) is 95.3 Å². The second-order valence-electron chi connectivity index (χ2n) is 23.5. The lowest BCUT2D eigenvalue weighted by molar-refractivity contribution is -0.138. The van der Waals surface area contributed by atoms with Crippen molar-refractivity contribution in [1.29, 1.82) is 0 Å². The number of nitrogens with one attached hydrogen (secondary N) is 21. The first kappa shape index (κ1) is 183. The van der Waals surface area contributed by atoms with E-state index in [0.717, 1.165) is 75.4 Å². The van der Waals surface area contributed by atoms with Crippen LogP contribution in [0.15, 0.2) is 56.0 Å². The molecule has 0 unspecified atom stereocenters. The second-order valence-corrected chi connectivity index (χ2v) is 29.2. The number of thiazole rings is 1. The fourth-order valence-electron chi connectivity index (χ4n) is 3.99. The zero-order chi connectivity index (χ0) is 112. The van der Waals surface area contributed by atoms with Gasteiger partial charge in [-0.15, -0.1) is 11.3 Å². The molecule has 50 nitrogen and oxygen atoms in total. The molecule has 1 aliphatic heterocycles. The van der Waals surface area contributed by atoms with Gasteiger partial charge in [-0.05, 0) is 141 Å². The third kappa shape index (κ3) is 295. The predicted octanol–water partition coefficient (Wildman–Crippen LogP) is 4.91. The van der Waals surface area contributed by atoms with Crippen LogP contribution < -0.4 is 111 Å². The number of amides is 17. The summed E-state index contributed by atoms with van der Waals surface area (Å²) in [6.45, 7) is 52.0. The number of hydrazine groups is 3. The molecule has 0 bridgehead atoms. The summed E-state index contributed by atoms with van der Waals surface area (Å²) in [6.07, 6.45) is 18.6. The molecule has 2 heterocycles. The molecule has 0 saturated carbocycles. The maximum Gasteiger partial charge on any atom is 0.314 e. The average Bonchev–Trinajstić information content (AvgIpc) is 1.70. The molecule has 1 fully saturated rings. The summed E-state index contributed by atoms with van der Waals surface area (Å²) in [5, 5.41) is 37.9. The van der Waals surface area contributed by atoms with E-state index < -0.39 is 20.0 Å². The van der Waals surface area contributed by atoms with E-state index in [1.165, 1.54) is 160 Å². The topological polar surface area (TPSA) is 708 Å². The highest BCUT2D eigenvalue weighted by Crippen LogP contribution is 2.29. The predicted molar refractivity (Wildman–Crippen MR) is 568 cm³/mol. The fraction of sp³-hybridized carbons (Fsp3) is 0.635. The van der Waals surface area contributed by atoms with Gasteiger partial charge in [-0.2, -0.15) is 15.3 Å². The van der Waals surface area contributed by atoms with Crippen LogP contribution in [0.3, 0.4) is 0 Å². The molecule has 1 aromatic heterocycles. The third-order valence-electron chi connectivity index (χ3n) is 10.2. The Hall–Kier alpha value is -12.0. The molecule has 54 heteroatoms. The first-order valence-electron chi connectivity index (χ1n) is 41.2. The molecule has 0 aliphatic carbocycles. The van der Waals surface area contributed by atoms with Crippen LogP contribution in [-0.2, 0) is 106 Å². The van der Waals surface area contributed by atoms with Crippen LogP contribution in [0.5, 0.6) is 0 Å². The normalized spacial score (nSPS) is 9.48. The zero-order valence-electron chi connectivity index (χ0n) is 88.7. The number of Topliss-reactive ketones (excluding diaryl/α,β-unsaturated/α-hetero) is 1. The third-order valence-corrected chi connectivity index (χ3v) is 13.6. The lowest BCUT2D eigenvalue weighted by Gasteiger charge is -2.06. The van der Waals surface area contributed by atoms with Crippen molar-refractivity contribution >= 4 is 178 Å². The van der Waals surface area contributed by atoms with Crippen LogP contribution in [0.2, 0.25) is 0 Å². The molecule has 0 spiro atoms. The number of hydrazone groups is 3. The summed E-state index contributed by atoms with van der Waals surface area (Å²) in [6, 6.07) is -0.157. The molecule has 0 aromatic carbocycles. The molecular formula is C85H186N26O24S4. The average molecular weight is 2080 g/mol. The van der Waals surface area contributed by atoms with Gasteiger partial charge in [-0.25, -0.2) is 57.8 Å². The monoisotopic (exact) mass is 2080 g/mol. The molecule has 0 atom stereocenters. The number of methoxy groups -OCH3 is 1. The number of esters is 1. The molecule has 21 N–H and O–H groups in total. The minimum absolute atomic E-state index is 0. The number of ether oxygens (including phenoxy) is 1. The number of carbonyl (C=O) groups is 19. The Morgan fingerprint density at radius 1 is 0.460 bits per heavy atom. The van der Waals surface area contributed by atoms with Gasteiger partial charge in [-0.3, -0.25) is 108 Å². The van der Waals surface area contributed by atoms with Crippen molar-refractivity contribution < 1.29 is 113 Å². The largest absolute Gasteiger partial charge is 0.469 e. The van der Waals surface area contributed by atoms with Gasteiger partial charge in [0.15, 0.2) is 10.9 Å². The number of likely N-dealkylation sites (N-methyl/N-ethyl adjacent to an activating group) is 2. The molecule has 824 valence electrons. The standard InChI is InChI=1S/C7H9NO2S.C6H8N2OS.C5H10N2O2.C5H11NO.C5H10O.C5H8O.C4H8N2O2.C4H10N2O.2C4H8N2O.C4H9NO.C4H8.2C3H8N2O.C3H8N2.2C3H7NO.C3H9N.C3H6O2.2C2H7NO2S.3CH4/c1-3-5-6(9)8(4-2)7(10)11-5;1-4-3-10-6(7-4)8-5(2)9;1-4(8)7-3-5(9)6-2;1-3-4-6-5(2)7;2*1-3-4-5(2)6;1-3(7)5-6-4(2)8;3*1-3-5-6-4(2)7;1-3-5-4(2)6;1-3-4-2;1-4-3(6)5-2;1-3(6)5-4-2;1-3-5-4-2;2*1-3(5)4-2;1-3-4-2;1-3(4)5-2;2*1-3-6(2,4)5;;;/h3H,4H2,1-2H3;3H,1-2H3,(H,7,8,9);3H2,1-2H3,(H,6,9)(H,7,8);3-4H2,1-2H3,(H,6,7);3-4H2,1-2H3;3-4H,1-2H3;1-2H3,(H,5,7)(H,6,8);5H,3H2,1-2H3,(H,6,7);2*3H,1-2H3,(H,6,7);3H2,1-2H3,(H,5,6);3-4H,1-2H3;1-2H3,(H2,4,5,6);4H,1-2H3,(H,5,6);3-4H,1-2H3;2*1-2H3,(H,4,5);4H,3H2,1-2H3;1-2H3;2*3H,1-2H3;3*1H4/b5-3-;;;;;4-3+;;;;;;4-3+;;;;;;;;;;;;. The minimum atomic E-state index is -2.91. The molecule has 1 aromatic rings. The quantitative estimate of drug-likeness (QED) is 0.0288. The summed E-state index contributed by atoms with van der Waals surface area (Å²) in [5.41, 5.74) is 22.0. The van der Waals surface area contributed by atoms with E-state index in [1.807, 2.05) is 86.9 Å². The van der Waals surface area contributed by atoms with Crippen molar-refractivity contribution in [3.63, 3.8) is 0 Å². The molecule has 0 radical (unpaired) electrons. The highest BCUT2D eigenvalue weighted by Gasteiger charge is 2.32. The fourth-order valence-corrected chi connectivity index (χ4v) is 5.55. The van der Waals surface area contributed by atoms with Crippen LogP contribution in [0.1, 0.15) is 241 Å². The van der Waals surface area contributed by atoms with E-state index in [2.05, 4.69) is 143 Å². The first-order chi connectivity index (χ1) is 62.8. The summed E-state index contributed by atoms with van der Waals surface area (Å²) in [5.74, 6) is -1.33. The van der Waals surface area contributed by atoms with E-state index in [-0.39, 0.29) is 140 Å². The number of ketones is 2. The number of imide groups is 1. The number of rotatable bonds is 19. The Morgan fingerprint density at radius 3 is 0.921 bits per heavy atom. The maximum atomic E-state index is 11.2. The van der Waals surface area contributed by atoms with Gasteiger partial charge in [-0.1, -0.05) is 74.3 Å². The maximum absolute atomic E-state index is 11.2. The van der Waals surface area contributed by atoms with E-state index in [4.69, 9.17) is 0 Å². The number of nitrogens with zero attached hydrogens (tertiary/aromatic N) is 5. The second kappa shape index (κ2) is 149. The van der Waals surface area contributed by atoms with Gasteiger partial charge in [0.05, 0.1) is 36.8 Å². The summed E-state index contributed by atoms with van der Waals surface area (Å²) in [7, 11) is 11.5. The van der Waals surface area contributed by atoms with Gasteiger partial charge >= 0.3 is 12.0 Å². The smallest absolute Gasteiger partial charge is 0.314 e. The van der Waals surface area contributed by atoms with Crippen LogP contribution in [0, 0.1) is 6.92 Å². The van der Waals surface area contributed by atoms with E-state index >= 15 is 0 Å². The van der Waals surface area contributed by atoms with Gasteiger partial charge < -0.3 is 68.1 Å². The van der Waals surface area contributed by atoms with E-state index in [9.17, 15) is 108 Å². The number of anilines is 1. The van der Waals surface area contributed by atoms with Crippen molar-refractivity contribution in [2.45, 2.75) is 242 Å². The van der Waals surface area contributed by atoms with Crippen molar-refractivity contribution in [2.24, 2.45) is 15.3 Å². The van der Waals surface area contributed by atoms with Crippen LogP contribution >= 0.6 is 23.1 Å². The van der Waals surface area contributed by atoms with Crippen LogP contribution in [0.4, 0.5) is 14.7 Å². The Morgan fingerprint density at radius 2 is 0.820 bits per heavy atom. The highest BCUT2D eigenvalue weighted by molar-refractivity contribution is 8.18. The number of thioether (sulfide) groups is 1. The number of urea groups is 1. The van der Waals surface area contributed by atoms with Crippen LogP contribution in [-0.4, -0.2) is 286 Å². The Bertz CT molecular complexity index is 3490. The molecule has 2 rings (SSSR count). The number of hydrogen-bond donors (Lipinski definition) is 21. The first-order valence-corrected chi connectivity index (χ1v) is 46.7. The Balaban J connectivity index is -0.0000000519. The molecule has 17 amide bonds.